The number of rotatable bonds is 3. The largest absolute Gasteiger partial charge is 0.367 e. The molecule has 2 aliphatic heterocycles. The molecule has 4 nitrogen and oxygen atoms in total. The van der Waals surface area contributed by atoms with Crippen LogP contribution in [0, 0.1) is 0 Å². The molecular formula is C22H24IN3OS. The third kappa shape index (κ3) is 5.68. The van der Waals surface area contributed by atoms with Crippen molar-refractivity contribution in [3.8, 4) is 0 Å². The highest BCUT2D eigenvalue weighted by Crippen LogP contribution is 2.18. The molecule has 2 aromatic rings. The van der Waals surface area contributed by atoms with E-state index in [0.717, 1.165) is 42.8 Å². The predicted octanol–water partition coefficient (Wildman–Crippen LogP) is 3.96. The highest BCUT2D eigenvalue weighted by Gasteiger charge is 2.25. The fourth-order valence-corrected chi connectivity index (χ4v) is 3.76. The van der Waals surface area contributed by atoms with Crippen molar-refractivity contribution in [1.29, 1.82) is 0 Å². The molecule has 0 amide bonds. The molecule has 0 unspecified atom stereocenters. The Hall–Kier alpha value is -1.64. The van der Waals surface area contributed by atoms with Gasteiger partial charge in [0, 0.05) is 26.6 Å². The number of nitrogens with one attached hydrogen (secondary N) is 2. The second-order valence-corrected chi connectivity index (χ2v) is 8.63. The summed E-state index contributed by atoms with van der Waals surface area (Å²) in [4.78, 5) is 16.5. The quantitative estimate of drug-likeness (QED) is 0.377. The number of ketones is 1. The summed E-state index contributed by atoms with van der Waals surface area (Å²) < 4.78 is 1.55. The summed E-state index contributed by atoms with van der Waals surface area (Å²) in [6.45, 7) is 1.25. The molecule has 0 saturated carbocycles. The van der Waals surface area contributed by atoms with Gasteiger partial charge in [0.15, 0.2) is 5.78 Å². The zero-order valence-corrected chi connectivity index (χ0v) is 18.6. The molecule has 0 aliphatic carbocycles. The number of benzene rings is 2. The summed E-state index contributed by atoms with van der Waals surface area (Å²) in [6, 6.07) is 19.2. The number of piperidine rings is 1. The zero-order chi connectivity index (χ0) is 19.8. The van der Waals surface area contributed by atoms with Gasteiger partial charge in [0.05, 0.1) is 0 Å². The Labute approximate surface area is 185 Å². The molecule has 0 radical (unpaired) electrons. The second-order valence-electron chi connectivity index (χ2n) is 6.93. The van der Waals surface area contributed by atoms with Crippen LogP contribution in [0.3, 0.4) is 0 Å². The molecule has 2 N–H and O–H groups in total. The Morgan fingerprint density at radius 3 is 2.57 bits per heavy atom. The number of hydrogen-bond donors (Lipinski definition) is 2. The van der Waals surface area contributed by atoms with Gasteiger partial charge in [-0.2, -0.15) is 0 Å². The van der Waals surface area contributed by atoms with Crippen molar-refractivity contribution in [2.45, 2.75) is 31.3 Å². The van der Waals surface area contributed by atoms with Crippen molar-refractivity contribution in [1.82, 2.24) is 10.6 Å². The first-order chi connectivity index (χ1) is 13.7. The zero-order valence-electron chi connectivity index (χ0n) is 15.6. The summed E-state index contributed by atoms with van der Waals surface area (Å²) >= 11 is 6.23. The van der Waals surface area contributed by atoms with Gasteiger partial charge in [-0.1, -0.05) is 66.8 Å². The lowest BCUT2D eigenvalue weighted by molar-refractivity contribution is 0.1000. The fourth-order valence-electron chi connectivity index (χ4n) is 3.76. The first kappa shape index (κ1) is 21.1. The van der Waals surface area contributed by atoms with Crippen molar-refractivity contribution in [2.24, 2.45) is 4.99 Å². The third-order valence-corrected chi connectivity index (χ3v) is 5.02. The normalized spacial score (nSPS) is 20.9. The van der Waals surface area contributed by atoms with Gasteiger partial charge in [-0.3, -0.25) is 9.79 Å². The van der Waals surface area contributed by atoms with E-state index >= 15 is 0 Å². The van der Waals surface area contributed by atoms with Crippen LogP contribution in [0.15, 0.2) is 59.6 Å². The van der Waals surface area contributed by atoms with Gasteiger partial charge in [-0.25, -0.2) is 0 Å². The second kappa shape index (κ2) is 10.8. The van der Waals surface area contributed by atoms with Gasteiger partial charge >= 0.3 is 0 Å². The molecule has 146 valence electrons. The van der Waals surface area contributed by atoms with Crippen LogP contribution in [-0.2, 0) is 6.42 Å². The molecule has 1 fully saturated rings. The molecule has 28 heavy (non-hydrogen) atoms. The number of amidine groups is 1. The van der Waals surface area contributed by atoms with Gasteiger partial charge in [-0.05, 0) is 54.0 Å². The molecule has 2 atom stereocenters. The maximum atomic E-state index is 12.0. The van der Waals surface area contributed by atoms with Crippen molar-refractivity contribution in [3.63, 3.8) is 0 Å². The van der Waals surface area contributed by atoms with E-state index in [1.165, 1.54) is 5.56 Å². The Morgan fingerprint density at radius 1 is 1.14 bits per heavy atom. The van der Waals surface area contributed by atoms with Gasteiger partial charge in [-0.15, -0.1) is 0 Å². The molecule has 2 heterocycles. The van der Waals surface area contributed by atoms with E-state index < -0.39 is 0 Å². The molecule has 4 rings (SSSR count). The molecule has 6 heteroatoms. The lowest BCUT2D eigenvalue weighted by Crippen LogP contribution is -2.49. The summed E-state index contributed by atoms with van der Waals surface area (Å²) in [5.74, 6) is 0.981. The molecule has 0 aromatic heterocycles. The first-order valence-corrected chi connectivity index (χ1v) is 11.2. The number of fused-ring (bicyclic) bond motifs is 1. The monoisotopic (exact) mass is 505 g/mol. The average Bonchev–Trinajstić information content (AvgIpc) is 2.72. The fraction of sp³-hybridized carbons (Fsp3) is 0.318. The number of hydrogen-bond acceptors (Lipinski definition) is 5. The number of Topliss-reactive ketones (excluding diaryl/α,β-unsaturated/α-hetero) is 1. The summed E-state index contributed by atoms with van der Waals surface area (Å²) in [7, 11) is 0. The maximum absolute atomic E-state index is 12.0. The van der Waals surface area contributed by atoms with Crippen molar-refractivity contribution >= 4 is 49.8 Å². The Morgan fingerprint density at radius 2 is 1.82 bits per heavy atom. The van der Waals surface area contributed by atoms with Gasteiger partial charge in [0.1, 0.15) is 12.4 Å². The number of nitrogens with zero attached hydrogens (tertiary/aromatic N) is 1. The third-order valence-electron chi connectivity index (χ3n) is 5.02. The highest BCUT2D eigenvalue weighted by atomic mass is 127. The van der Waals surface area contributed by atoms with E-state index in [1.807, 2.05) is 46.9 Å². The number of halogens is 1. The number of thiocarbonyl (C=S) groups is 1. The first-order valence-electron chi connectivity index (χ1n) is 9.46. The minimum absolute atomic E-state index is 0.105. The van der Waals surface area contributed by atoms with E-state index in [4.69, 9.17) is 0 Å². The molecule has 2 aromatic carbocycles. The van der Waals surface area contributed by atoms with E-state index in [2.05, 4.69) is 58.2 Å². The number of carbonyl (C=O) groups excluding carboxylic acids is 1. The van der Waals surface area contributed by atoms with Crippen LogP contribution in [0.4, 0.5) is 0 Å². The van der Waals surface area contributed by atoms with E-state index in [-0.39, 0.29) is 12.3 Å². The molecule has 0 spiro atoms. The average molecular weight is 505 g/mol. The van der Waals surface area contributed by atoms with Crippen LogP contribution in [0.2, 0.25) is 0 Å². The Bertz CT molecular complexity index is 841. The van der Waals surface area contributed by atoms with Crippen molar-refractivity contribution in [2.75, 3.05) is 13.1 Å². The Kier molecular flexibility index (Phi) is 8.12. The van der Waals surface area contributed by atoms with Crippen LogP contribution in [0.5, 0.6) is 0 Å². The topological polar surface area (TPSA) is 53.5 Å². The van der Waals surface area contributed by atoms with Crippen molar-refractivity contribution in [3.05, 3.63) is 71.3 Å². The van der Waals surface area contributed by atoms with E-state index in [1.54, 1.807) is 3.37 Å². The van der Waals surface area contributed by atoms with Crippen molar-refractivity contribution < 1.29 is 4.79 Å². The predicted molar refractivity (Wildman–Crippen MR) is 128 cm³/mol. The van der Waals surface area contributed by atoms with Crippen LogP contribution in [-0.4, -0.2) is 40.2 Å². The molecule has 1 saturated heterocycles. The maximum Gasteiger partial charge on any atom is 0.185 e. The molecular weight excluding hydrogens is 481 g/mol. The molecule has 0 bridgehead atoms. The molecule has 2 aliphatic rings. The van der Waals surface area contributed by atoms with E-state index in [9.17, 15) is 4.79 Å². The summed E-state index contributed by atoms with van der Waals surface area (Å²) in [6.07, 6.45) is 3.17. The summed E-state index contributed by atoms with van der Waals surface area (Å²) in [5, 5.41) is 7.24. The van der Waals surface area contributed by atoms with Crippen LogP contribution in [0.25, 0.3) is 0 Å². The lowest BCUT2D eigenvalue weighted by Gasteiger charge is -2.32. The highest BCUT2D eigenvalue weighted by molar-refractivity contribution is 14.1. The van der Waals surface area contributed by atoms with Crippen LogP contribution in [0.1, 0.15) is 34.3 Å². The standard InChI is InChI=1S/C21H23N3O.CHIS/c25-20-14-23-21(19-9-5-4-8-18(19)20)24-16-10-11-22-17(13-16)12-15-6-2-1-3-7-15;2-1-3/h1-9,16-17,22H,10-14H2,(H,23,24);1H/t16-,17-;/m0./s1. The Balaban J connectivity index is 0.000000706. The van der Waals surface area contributed by atoms with Gasteiger partial charge in [0.25, 0.3) is 0 Å². The SMILES string of the molecule is O=C1CN=C(N[C@H]2CCN[C@@H](Cc3ccccc3)C2)c2ccccc21.S=CI. The smallest absolute Gasteiger partial charge is 0.185 e. The van der Waals surface area contributed by atoms with Crippen LogP contribution >= 0.6 is 34.8 Å². The van der Waals surface area contributed by atoms with Gasteiger partial charge in [0.2, 0.25) is 0 Å². The summed E-state index contributed by atoms with van der Waals surface area (Å²) in [5.41, 5.74) is 3.10. The van der Waals surface area contributed by atoms with Crippen LogP contribution < -0.4 is 10.6 Å². The minimum Gasteiger partial charge on any atom is -0.367 e. The minimum atomic E-state index is 0.105. The number of carbonyl (C=O) groups is 1. The lowest BCUT2D eigenvalue weighted by atomic mass is 9.93. The van der Waals surface area contributed by atoms with Gasteiger partial charge < -0.3 is 10.6 Å². The number of aliphatic imine (C=N–C) groups is 1. The van der Waals surface area contributed by atoms with E-state index in [0.29, 0.717) is 12.1 Å².